The van der Waals surface area contributed by atoms with Gasteiger partial charge in [-0.25, -0.2) is 0 Å². The third kappa shape index (κ3) is 18.3. The maximum Gasteiger partial charge on any atom is 0.195 e. The van der Waals surface area contributed by atoms with Crippen LogP contribution in [0.5, 0.6) is 0 Å². The van der Waals surface area contributed by atoms with E-state index in [1.54, 1.807) is 6.92 Å². The molecule has 0 saturated carbocycles. The summed E-state index contributed by atoms with van der Waals surface area (Å²) in [5.41, 5.74) is 4.90. The molecule has 0 aromatic carbocycles. The molecule has 0 amide bonds. The number of hydrogen-bond donors (Lipinski definition) is 1. The fourth-order valence-corrected chi connectivity index (χ4v) is 0.201. The number of hydrogen-bond acceptors (Lipinski definition) is 6. The number of nitrogens with zero attached hydrogens (tertiary/aromatic N) is 1. The van der Waals surface area contributed by atoms with Crippen molar-refractivity contribution in [3.8, 4) is 0 Å². The molecule has 0 rings (SSSR count). The average molecular weight is 232 g/mol. The highest BCUT2D eigenvalue weighted by molar-refractivity contribution is 6.37. The van der Waals surface area contributed by atoms with Gasteiger partial charge in [-0.2, -0.15) is 0 Å². The maximum atomic E-state index is 10.3. The molecule has 0 radical (unpaired) electrons. The van der Waals surface area contributed by atoms with E-state index in [0.717, 1.165) is 0 Å². The molecule has 0 aromatic rings. The van der Waals surface area contributed by atoms with Crippen LogP contribution in [0.25, 0.3) is 0 Å². The van der Waals surface area contributed by atoms with Gasteiger partial charge in [-0.15, -0.1) is 0 Å². The largest absolute Gasteiger partial charge is 0.399 e. The third-order valence-corrected chi connectivity index (χ3v) is 1.23. The van der Waals surface area contributed by atoms with E-state index in [2.05, 4.69) is 15.7 Å². The van der Waals surface area contributed by atoms with E-state index in [4.69, 9.17) is 0 Å². The minimum absolute atomic E-state index is 0.0631. The Morgan fingerprint density at radius 3 is 1.25 bits per heavy atom. The summed E-state index contributed by atoms with van der Waals surface area (Å²) in [7, 11) is 2.91. The summed E-state index contributed by atoms with van der Waals surface area (Å²) < 4.78 is 0. The van der Waals surface area contributed by atoms with Crippen LogP contribution in [0.1, 0.15) is 27.7 Å². The summed E-state index contributed by atoms with van der Waals surface area (Å²) in [6, 6.07) is 0. The van der Waals surface area contributed by atoms with Crippen molar-refractivity contribution in [2.24, 2.45) is 10.9 Å². The fourth-order valence-electron chi connectivity index (χ4n) is 0.201. The van der Waals surface area contributed by atoms with Gasteiger partial charge in [0.25, 0.3) is 0 Å². The monoisotopic (exact) mass is 232 g/mol. The van der Waals surface area contributed by atoms with Gasteiger partial charge in [0, 0.05) is 20.8 Å². The predicted molar refractivity (Wildman–Crippen MR) is 62.3 cm³/mol. The molecule has 0 bridgehead atoms. The van der Waals surface area contributed by atoms with Gasteiger partial charge >= 0.3 is 0 Å². The summed E-state index contributed by atoms with van der Waals surface area (Å²) >= 11 is 0. The number of ketones is 3. The molecule has 0 aliphatic heterocycles. The predicted octanol–water partition coefficient (Wildman–Crippen LogP) is 0.337. The molecule has 2 N–H and O–H groups in total. The van der Waals surface area contributed by atoms with Crippen LogP contribution >= 0.6 is 0 Å². The summed E-state index contributed by atoms with van der Waals surface area (Å²) in [5, 5.41) is 3.39. The lowest BCUT2D eigenvalue weighted by Gasteiger charge is -1.88. The van der Waals surface area contributed by atoms with Gasteiger partial charge in [0.1, 0.15) is 12.8 Å². The molecule has 0 saturated heterocycles. The zero-order valence-electron chi connectivity index (χ0n) is 10.7. The highest BCUT2D eigenvalue weighted by atomic mass is 16.6. The van der Waals surface area contributed by atoms with Crippen molar-refractivity contribution < 1.29 is 19.2 Å². The second-order valence-electron chi connectivity index (χ2n) is 2.53. The SMILES string of the molecule is CC(=O)C(C)=O.CN.CO/N=C(\C)C(C)=O. The van der Waals surface area contributed by atoms with Gasteiger partial charge in [-0.1, -0.05) is 5.16 Å². The van der Waals surface area contributed by atoms with E-state index in [0.29, 0.717) is 5.71 Å². The number of oxime groups is 1. The Labute approximate surface area is 95.8 Å². The molecule has 94 valence electrons. The minimum atomic E-state index is -0.380. The van der Waals surface area contributed by atoms with Crippen LogP contribution in [-0.4, -0.2) is 37.2 Å². The topological polar surface area (TPSA) is 98.8 Å². The first-order chi connectivity index (χ1) is 7.32. The van der Waals surface area contributed by atoms with Gasteiger partial charge in [0.05, 0.1) is 0 Å². The molecule has 0 fully saturated rings. The highest BCUT2D eigenvalue weighted by Gasteiger charge is 1.95. The van der Waals surface area contributed by atoms with Gasteiger partial charge in [0.2, 0.25) is 0 Å². The van der Waals surface area contributed by atoms with Crippen LogP contribution in [-0.2, 0) is 19.2 Å². The highest BCUT2D eigenvalue weighted by Crippen LogP contribution is 1.78. The first-order valence-corrected chi connectivity index (χ1v) is 4.50. The zero-order chi connectivity index (χ0) is 13.7. The Hall–Kier alpha value is -1.56. The number of carbonyl (C=O) groups excluding carboxylic acids is 3. The molecule has 6 nitrogen and oxygen atoms in total. The van der Waals surface area contributed by atoms with Crippen LogP contribution in [0, 0.1) is 0 Å². The summed E-state index contributed by atoms with van der Waals surface area (Å²) in [6.45, 7) is 5.55. The second-order valence-corrected chi connectivity index (χ2v) is 2.53. The smallest absolute Gasteiger partial charge is 0.195 e. The lowest BCUT2D eigenvalue weighted by molar-refractivity contribution is -0.134. The van der Waals surface area contributed by atoms with Crippen LogP contribution in [0.15, 0.2) is 5.16 Å². The van der Waals surface area contributed by atoms with Crippen LogP contribution < -0.4 is 5.73 Å². The van der Waals surface area contributed by atoms with E-state index in [9.17, 15) is 14.4 Å². The van der Waals surface area contributed by atoms with E-state index in [-0.39, 0.29) is 17.3 Å². The summed E-state index contributed by atoms with van der Waals surface area (Å²) in [4.78, 5) is 34.2. The normalized spacial score (nSPS) is 8.81. The molecular formula is C10H20N2O4. The van der Waals surface area contributed by atoms with Gasteiger partial charge in [-0.3, -0.25) is 14.4 Å². The fraction of sp³-hybridized carbons (Fsp3) is 0.600. The molecule has 0 aliphatic rings. The Morgan fingerprint density at radius 1 is 0.875 bits per heavy atom. The third-order valence-electron chi connectivity index (χ3n) is 1.23. The van der Waals surface area contributed by atoms with Crippen LogP contribution in [0.3, 0.4) is 0 Å². The Bertz CT molecular complexity index is 248. The lowest BCUT2D eigenvalue weighted by Crippen LogP contribution is -2.03. The molecule has 0 aliphatic carbocycles. The number of rotatable bonds is 3. The van der Waals surface area contributed by atoms with Crippen molar-refractivity contribution in [3.63, 3.8) is 0 Å². The quantitative estimate of drug-likeness (QED) is 0.429. The molecule has 16 heavy (non-hydrogen) atoms. The molecular weight excluding hydrogens is 212 g/mol. The molecule has 0 spiro atoms. The Morgan fingerprint density at radius 2 is 1.19 bits per heavy atom. The van der Waals surface area contributed by atoms with Crippen molar-refractivity contribution in [1.29, 1.82) is 0 Å². The van der Waals surface area contributed by atoms with Crippen molar-refractivity contribution in [2.45, 2.75) is 27.7 Å². The molecule has 0 heterocycles. The Kier molecular flexibility index (Phi) is 16.7. The van der Waals surface area contributed by atoms with Crippen molar-refractivity contribution >= 4 is 23.1 Å². The first kappa shape index (κ1) is 19.9. The average Bonchev–Trinajstić information content (AvgIpc) is 2.21. The van der Waals surface area contributed by atoms with Crippen LogP contribution in [0.2, 0.25) is 0 Å². The van der Waals surface area contributed by atoms with Gasteiger partial charge in [0.15, 0.2) is 17.3 Å². The minimum Gasteiger partial charge on any atom is -0.399 e. The second kappa shape index (κ2) is 13.4. The van der Waals surface area contributed by atoms with Crippen molar-refractivity contribution in [3.05, 3.63) is 0 Å². The number of Topliss-reactive ketones (excluding diaryl/α,β-unsaturated/α-hetero) is 3. The van der Waals surface area contributed by atoms with E-state index in [1.807, 2.05) is 0 Å². The molecule has 0 aromatic heterocycles. The van der Waals surface area contributed by atoms with Crippen molar-refractivity contribution in [1.82, 2.24) is 0 Å². The van der Waals surface area contributed by atoms with E-state index in [1.165, 1.54) is 34.9 Å². The first-order valence-electron chi connectivity index (χ1n) is 4.50. The maximum absolute atomic E-state index is 10.3. The Balaban J connectivity index is -0.000000188. The van der Waals surface area contributed by atoms with Crippen LogP contribution in [0.4, 0.5) is 0 Å². The molecule has 0 atom stereocenters. The zero-order valence-corrected chi connectivity index (χ0v) is 10.7. The standard InChI is InChI=1S/C5H9NO2.C4H6O2.CH5N/c1-4(5(2)7)6-8-3;1-3(5)4(2)6;1-2/h1-3H3;1-2H3;2H2,1H3/b6-4+;;. The van der Waals surface area contributed by atoms with Gasteiger partial charge < -0.3 is 10.6 Å². The molecule has 0 unspecified atom stereocenters. The van der Waals surface area contributed by atoms with Crippen molar-refractivity contribution in [2.75, 3.05) is 14.2 Å². The number of carbonyl (C=O) groups is 3. The lowest BCUT2D eigenvalue weighted by atomic mass is 10.3. The van der Waals surface area contributed by atoms with Gasteiger partial charge in [-0.05, 0) is 14.0 Å². The summed E-state index contributed by atoms with van der Waals surface area (Å²) in [5.74, 6) is -0.822. The van der Waals surface area contributed by atoms with E-state index >= 15 is 0 Å². The van der Waals surface area contributed by atoms with E-state index < -0.39 is 0 Å². The summed E-state index contributed by atoms with van der Waals surface area (Å²) in [6.07, 6.45) is 0. The number of nitrogens with two attached hydrogens (primary N) is 1. The molecule has 6 heteroatoms.